The molecule has 0 bridgehead atoms. The first-order chi connectivity index (χ1) is 7.18. The Hall–Kier alpha value is -1.41. The quantitative estimate of drug-likeness (QED) is 0.678. The van der Waals surface area contributed by atoms with Gasteiger partial charge in [-0.15, -0.1) is 0 Å². The van der Waals surface area contributed by atoms with Crippen LogP contribution in [0.3, 0.4) is 0 Å². The van der Waals surface area contributed by atoms with Crippen molar-refractivity contribution in [3.63, 3.8) is 0 Å². The minimum absolute atomic E-state index is 0.181. The van der Waals surface area contributed by atoms with Crippen molar-refractivity contribution in [2.45, 2.75) is 0 Å². The highest BCUT2D eigenvalue weighted by molar-refractivity contribution is 6.30. The molecule has 0 aliphatic rings. The van der Waals surface area contributed by atoms with E-state index in [1.807, 2.05) is 0 Å². The predicted molar refractivity (Wildman–Crippen MR) is 56.8 cm³/mol. The summed E-state index contributed by atoms with van der Waals surface area (Å²) < 4.78 is 26.8. The van der Waals surface area contributed by atoms with Crippen molar-refractivity contribution >= 4 is 11.6 Å². The number of hydrogen-bond acceptors (Lipinski definition) is 0. The molecule has 2 rings (SSSR count). The van der Waals surface area contributed by atoms with Crippen LogP contribution >= 0.6 is 11.6 Å². The lowest BCUT2D eigenvalue weighted by Gasteiger charge is -2.04. The van der Waals surface area contributed by atoms with Crippen molar-refractivity contribution in [1.82, 2.24) is 0 Å². The zero-order valence-electron chi connectivity index (χ0n) is 7.68. The van der Waals surface area contributed by atoms with Crippen LogP contribution in [0.5, 0.6) is 0 Å². The normalized spacial score (nSPS) is 10.3. The van der Waals surface area contributed by atoms with Gasteiger partial charge in [-0.25, -0.2) is 8.78 Å². The van der Waals surface area contributed by atoms with Crippen LogP contribution in [0.4, 0.5) is 8.78 Å². The standard InChI is InChI=1S/C12H7ClF2/c13-8-5-6-12(15)10(7-8)9-3-1-2-4-11(9)14/h1-7H. The third-order valence-electron chi connectivity index (χ3n) is 2.09. The summed E-state index contributed by atoms with van der Waals surface area (Å²) in [6.45, 7) is 0. The largest absolute Gasteiger partial charge is 0.206 e. The van der Waals surface area contributed by atoms with Crippen molar-refractivity contribution in [3.8, 4) is 11.1 Å². The van der Waals surface area contributed by atoms with E-state index in [-0.39, 0.29) is 11.1 Å². The van der Waals surface area contributed by atoms with Crippen molar-refractivity contribution in [3.05, 3.63) is 59.1 Å². The molecule has 2 aromatic rings. The molecule has 0 fully saturated rings. The molecular weight excluding hydrogens is 218 g/mol. The van der Waals surface area contributed by atoms with E-state index >= 15 is 0 Å². The summed E-state index contributed by atoms with van der Waals surface area (Å²) in [4.78, 5) is 0. The van der Waals surface area contributed by atoms with Crippen molar-refractivity contribution < 1.29 is 8.78 Å². The fraction of sp³-hybridized carbons (Fsp3) is 0. The van der Waals surface area contributed by atoms with Gasteiger partial charge in [-0.05, 0) is 24.3 Å². The molecule has 0 aliphatic carbocycles. The molecule has 0 N–H and O–H groups in total. The molecule has 0 saturated heterocycles. The number of rotatable bonds is 1. The van der Waals surface area contributed by atoms with Gasteiger partial charge < -0.3 is 0 Å². The Morgan fingerprint density at radius 2 is 1.47 bits per heavy atom. The molecule has 0 amide bonds. The van der Waals surface area contributed by atoms with Crippen LogP contribution in [0.25, 0.3) is 11.1 Å². The molecule has 2 aromatic carbocycles. The molecule has 0 unspecified atom stereocenters. The van der Waals surface area contributed by atoms with Gasteiger partial charge in [0.05, 0.1) is 0 Å². The van der Waals surface area contributed by atoms with Crippen LogP contribution in [0.1, 0.15) is 0 Å². The zero-order valence-corrected chi connectivity index (χ0v) is 8.43. The van der Waals surface area contributed by atoms with Crippen LogP contribution in [0, 0.1) is 11.6 Å². The molecule has 0 heterocycles. The number of benzene rings is 2. The molecule has 76 valence electrons. The van der Waals surface area contributed by atoms with Crippen LogP contribution in [0.2, 0.25) is 5.02 Å². The molecule has 15 heavy (non-hydrogen) atoms. The van der Waals surface area contributed by atoms with Gasteiger partial charge in [0.25, 0.3) is 0 Å². The lowest BCUT2D eigenvalue weighted by molar-refractivity contribution is 0.616. The Kier molecular flexibility index (Phi) is 2.69. The molecule has 3 heteroatoms. The van der Waals surface area contributed by atoms with Crippen molar-refractivity contribution in [2.24, 2.45) is 0 Å². The molecule has 0 radical (unpaired) electrons. The van der Waals surface area contributed by atoms with Crippen LogP contribution < -0.4 is 0 Å². The van der Waals surface area contributed by atoms with Gasteiger partial charge in [-0.1, -0.05) is 29.8 Å². The highest BCUT2D eigenvalue weighted by Crippen LogP contribution is 2.27. The van der Waals surface area contributed by atoms with Crippen LogP contribution in [-0.4, -0.2) is 0 Å². The van der Waals surface area contributed by atoms with Gasteiger partial charge in [-0.3, -0.25) is 0 Å². The predicted octanol–water partition coefficient (Wildman–Crippen LogP) is 4.29. The summed E-state index contributed by atoms with van der Waals surface area (Å²) in [5, 5.41) is 0.384. The first-order valence-corrected chi connectivity index (χ1v) is 4.76. The fourth-order valence-corrected chi connectivity index (χ4v) is 1.56. The Bertz CT molecular complexity index is 495. The molecular formula is C12H7ClF2. The second-order valence-corrected chi connectivity index (χ2v) is 3.54. The van der Waals surface area contributed by atoms with E-state index in [4.69, 9.17) is 11.6 Å². The lowest BCUT2D eigenvalue weighted by atomic mass is 10.0. The molecule has 0 aliphatic heterocycles. The Balaban J connectivity index is 2.64. The summed E-state index contributed by atoms with van der Waals surface area (Å²) in [7, 11) is 0. The highest BCUT2D eigenvalue weighted by Gasteiger charge is 2.09. The molecule has 0 nitrogen and oxygen atoms in total. The third kappa shape index (κ3) is 2.00. The summed E-state index contributed by atoms with van der Waals surface area (Å²) in [6, 6.07) is 10.1. The van der Waals surface area contributed by atoms with E-state index < -0.39 is 11.6 Å². The van der Waals surface area contributed by atoms with Gasteiger partial charge in [0.1, 0.15) is 11.6 Å². The van der Waals surface area contributed by atoms with Gasteiger partial charge in [0, 0.05) is 16.1 Å². The van der Waals surface area contributed by atoms with Crippen LogP contribution in [0.15, 0.2) is 42.5 Å². The summed E-state index contributed by atoms with van der Waals surface area (Å²) >= 11 is 5.73. The Labute approximate surface area is 91.1 Å². The first-order valence-electron chi connectivity index (χ1n) is 4.38. The zero-order chi connectivity index (χ0) is 10.8. The maximum absolute atomic E-state index is 13.4. The smallest absolute Gasteiger partial charge is 0.131 e. The minimum atomic E-state index is -0.482. The monoisotopic (exact) mass is 224 g/mol. The van der Waals surface area contributed by atoms with Gasteiger partial charge in [-0.2, -0.15) is 0 Å². The fourth-order valence-electron chi connectivity index (χ4n) is 1.38. The second kappa shape index (κ2) is 3.99. The van der Waals surface area contributed by atoms with E-state index in [2.05, 4.69) is 0 Å². The summed E-state index contributed by atoms with van der Waals surface area (Å²) in [6.07, 6.45) is 0. The first kappa shape index (κ1) is 10.1. The topological polar surface area (TPSA) is 0 Å². The summed E-state index contributed by atoms with van der Waals surface area (Å²) in [5.41, 5.74) is 0.401. The maximum Gasteiger partial charge on any atom is 0.131 e. The Morgan fingerprint density at radius 3 is 2.20 bits per heavy atom. The number of halogens is 3. The molecule has 0 saturated carbocycles. The van der Waals surface area contributed by atoms with E-state index in [9.17, 15) is 8.78 Å². The molecule has 0 atom stereocenters. The van der Waals surface area contributed by atoms with Gasteiger partial charge in [0.2, 0.25) is 0 Å². The lowest BCUT2D eigenvalue weighted by Crippen LogP contribution is -1.87. The SMILES string of the molecule is Fc1ccccc1-c1cc(Cl)ccc1F. The highest BCUT2D eigenvalue weighted by atomic mass is 35.5. The minimum Gasteiger partial charge on any atom is -0.206 e. The Morgan fingerprint density at radius 1 is 0.800 bits per heavy atom. The van der Waals surface area contributed by atoms with Crippen molar-refractivity contribution in [2.75, 3.05) is 0 Å². The second-order valence-electron chi connectivity index (χ2n) is 3.10. The van der Waals surface area contributed by atoms with Crippen molar-refractivity contribution in [1.29, 1.82) is 0 Å². The van der Waals surface area contributed by atoms with Crippen LogP contribution in [-0.2, 0) is 0 Å². The summed E-state index contributed by atoms with van der Waals surface area (Å²) in [5.74, 6) is -0.942. The van der Waals surface area contributed by atoms with E-state index in [1.165, 1.54) is 30.3 Å². The number of hydrogen-bond donors (Lipinski definition) is 0. The average Bonchev–Trinajstić information content (AvgIpc) is 2.23. The molecule has 0 aromatic heterocycles. The third-order valence-corrected chi connectivity index (χ3v) is 2.33. The van der Waals surface area contributed by atoms with E-state index in [0.29, 0.717) is 5.02 Å². The van der Waals surface area contributed by atoms with Gasteiger partial charge >= 0.3 is 0 Å². The maximum atomic E-state index is 13.4. The average molecular weight is 225 g/mol. The van der Waals surface area contributed by atoms with Gasteiger partial charge in [0.15, 0.2) is 0 Å². The van der Waals surface area contributed by atoms with E-state index in [1.54, 1.807) is 12.1 Å². The van der Waals surface area contributed by atoms with E-state index in [0.717, 1.165) is 0 Å². The molecule has 0 spiro atoms.